The number of hydrazine groups is 1. The lowest BCUT2D eigenvalue weighted by Gasteiger charge is -2.26. The zero-order valence-corrected chi connectivity index (χ0v) is 12.3. The summed E-state index contributed by atoms with van der Waals surface area (Å²) in [5.41, 5.74) is 3.42. The molecule has 0 unspecified atom stereocenters. The summed E-state index contributed by atoms with van der Waals surface area (Å²) in [6.07, 6.45) is -4.69. The van der Waals surface area contributed by atoms with Crippen molar-refractivity contribution in [2.75, 3.05) is 26.3 Å². The monoisotopic (exact) mass is 342 g/mol. The third kappa shape index (κ3) is 3.71. The van der Waals surface area contributed by atoms with Gasteiger partial charge in [0.25, 0.3) is 5.91 Å². The van der Waals surface area contributed by atoms with Crippen molar-refractivity contribution in [3.05, 3.63) is 35.7 Å². The van der Waals surface area contributed by atoms with E-state index in [1.807, 2.05) is 0 Å². The highest BCUT2D eigenvalue weighted by molar-refractivity contribution is 5.94. The summed E-state index contributed by atoms with van der Waals surface area (Å²) in [7, 11) is 0. The van der Waals surface area contributed by atoms with Gasteiger partial charge in [0.2, 0.25) is 5.82 Å². The first-order chi connectivity index (χ1) is 11.4. The Bertz CT molecular complexity index is 709. The quantitative estimate of drug-likeness (QED) is 0.915. The molecule has 3 rings (SSSR count). The normalized spacial score (nSPS) is 16.1. The Kier molecular flexibility index (Phi) is 4.49. The number of rotatable bonds is 3. The number of hydrogen-bond acceptors (Lipinski definition) is 6. The van der Waals surface area contributed by atoms with Gasteiger partial charge in [-0.25, -0.2) is 5.01 Å². The Morgan fingerprint density at radius 2 is 1.83 bits per heavy atom. The number of hydrogen-bond donors (Lipinski definition) is 1. The van der Waals surface area contributed by atoms with E-state index in [0.29, 0.717) is 37.4 Å². The maximum Gasteiger partial charge on any atom is 0.471 e. The highest BCUT2D eigenvalue weighted by atomic mass is 19.4. The molecular formula is C14H13F3N4O3. The van der Waals surface area contributed by atoms with Crippen molar-refractivity contribution in [3.8, 4) is 11.4 Å². The van der Waals surface area contributed by atoms with Crippen molar-refractivity contribution >= 4 is 5.91 Å². The fraction of sp³-hybridized carbons (Fsp3) is 0.357. The molecule has 1 amide bonds. The fourth-order valence-electron chi connectivity index (χ4n) is 2.11. The number of aromatic nitrogens is 2. The zero-order chi connectivity index (χ0) is 17.2. The van der Waals surface area contributed by atoms with Gasteiger partial charge in [0, 0.05) is 24.2 Å². The maximum atomic E-state index is 12.4. The summed E-state index contributed by atoms with van der Waals surface area (Å²) in [5.74, 6) is -1.92. The van der Waals surface area contributed by atoms with Gasteiger partial charge in [-0.05, 0) is 12.1 Å². The third-order valence-electron chi connectivity index (χ3n) is 3.34. The number of ether oxygens (including phenoxy) is 1. The number of nitrogens with one attached hydrogen (secondary N) is 1. The molecular weight excluding hydrogens is 329 g/mol. The van der Waals surface area contributed by atoms with Crippen molar-refractivity contribution in [2.45, 2.75) is 6.18 Å². The number of halogens is 3. The van der Waals surface area contributed by atoms with Crippen LogP contribution < -0.4 is 5.43 Å². The predicted octanol–water partition coefficient (Wildman–Crippen LogP) is 1.73. The molecule has 1 aliphatic heterocycles. The van der Waals surface area contributed by atoms with Crippen LogP contribution in [0, 0.1) is 0 Å². The number of nitrogens with zero attached hydrogens (tertiary/aromatic N) is 3. The average Bonchev–Trinajstić information content (AvgIpc) is 3.06. The summed E-state index contributed by atoms with van der Waals surface area (Å²) >= 11 is 0. The number of carbonyl (C=O) groups is 1. The topological polar surface area (TPSA) is 80.5 Å². The molecule has 0 aliphatic carbocycles. The van der Waals surface area contributed by atoms with Gasteiger partial charge in [-0.2, -0.15) is 18.2 Å². The Labute approximate surface area is 134 Å². The van der Waals surface area contributed by atoms with Crippen LogP contribution in [0.4, 0.5) is 13.2 Å². The second-order valence-corrected chi connectivity index (χ2v) is 5.04. The van der Waals surface area contributed by atoms with Crippen LogP contribution in [0.2, 0.25) is 0 Å². The molecule has 1 fully saturated rings. The molecule has 128 valence electrons. The Balaban J connectivity index is 1.68. The van der Waals surface area contributed by atoms with Gasteiger partial charge in [-0.1, -0.05) is 17.3 Å². The molecule has 0 bridgehead atoms. The molecule has 2 aromatic rings. The van der Waals surface area contributed by atoms with E-state index >= 15 is 0 Å². The number of carbonyl (C=O) groups excluding carboxylic acids is 1. The largest absolute Gasteiger partial charge is 0.471 e. The smallest absolute Gasteiger partial charge is 0.379 e. The molecule has 1 N–H and O–H groups in total. The van der Waals surface area contributed by atoms with Crippen molar-refractivity contribution in [3.63, 3.8) is 0 Å². The Morgan fingerprint density at radius 3 is 2.42 bits per heavy atom. The minimum absolute atomic E-state index is 0.192. The van der Waals surface area contributed by atoms with Gasteiger partial charge < -0.3 is 9.26 Å². The van der Waals surface area contributed by atoms with Crippen LogP contribution in [0.5, 0.6) is 0 Å². The highest BCUT2D eigenvalue weighted by Crippen LogP contribution is 2.29. The van der Waals surface area contributed by atoms with E-state index in [9.17, 15) is 18.0 Å². The van der Waals surface area contributed by atoms with E-state index < -0.39 is 12.1 Å². The predicted molar refractivity (Wildman–Crippen MR) is 74.6 cm³/mol. The van der Waals surface area contributed by atoms with Crippen LogP contribution in [0.25, 0.3) is 11.4 Å². The summed E-state index contributed by atoms with van der Waals surface area (Å²) in [5, 5.41) is 5.04. The Morgan fingerprint density at radius 1 is 1.17 bits per heavy atom. The van der Waals surface area contributed by atoms with Gasteiger partial charge in [0.1, 0.15) is 0 Å². The lowest BCUT2D eigenvalue weighted by Crippen LogP contribution is -2.48. The summed E-state index contributed by atoms with van der Waals surface area (Å²) in [6.45, 7) is 2.26. The third-order valence-corrected chi connectivity index (χ3v) is 3.34. The SMILES string of the molecule is O=C(NN1CCOCC1)c1ccc(-c2noc(C(F)(F)F)n2)cc1. The molecule has 24 heavy (non-hydrogen) atoms. The number of morpholine rings is 1. The number of benzene rings is 1. The van der Waals surface area contributed by atoms with E-state index in [-0.39, 0.29) is 11.7 Å². The second kappa shape index (κ2) is 6.57. The van der Waals surface area contributed by atoms with E-state index in [2.05, 4.69) is 20.1 Å². The van der Waals surface area contributed by atoms with E-state index in [1.54, 1.807) is 5.01 Å². The minimum atomic E-state index is -4.69. The first-order valence-electron chi connectivity index (χ1n) is 7.08. The van der Waals surface area contributed by atoms with Crippen LogP contribution >= 0.6 is 0 Å². The molecule has 0 spiro atoms. The molecule has 2 heterocycles. The summed E-state index contributed by atoms with van der Waals surface area (Å²) < 4.78 is 46.7. The van der Waals surface area contributed by atoms with Gasteiger partial charge in [0.15, 0.2) is 0 Å². The van der Waals surface area contributed by atoms with E-state index in [4.69, 9.17) is 4.74 Å². The summed E-state index contributed by atoms with van der Waals surface area (Å²) in [4.78, 5) is 15.4. The number of alkyl halides is 3. The molecule has 1 aromatic carbocycles. The van der Waals surface area contributed by atoms with Crippen molar-refractivity contribution in [1.82, 2.24) is 20.6 Å². The van der Waals surface area contributed by atoms with E-state index in [0.717, 1.165) is 0 Å². The van der Waals surface area contributed by atoms with Gasteiger partial charge >= 0.3 is 12.1 Å². The van der Waals surface area contributed by atoms with Gasteiger partial charge in [0.05, 0.1) is 13.2 Å². The minimum Gasteiger partial charge on any atom is -0.379 e. The molecule has 1 aromatic heterocycles. The van der Waals surface area contributed by atoms with Crippen LogP contribution in [0.3, 0.4) is 0 Å². The standard InChI is InChI=1S/C14H13F3N4O3/c15-14(16,17)13-18-11(20-24-13)9-1-3-10(4-2-9)12(22)19-21-5-7-23-8-6-21/h1-4H,5-8H2,(H,19,22). The molecule has 7 nitrogen and oxygen atoms in total. The molecule has 10 heteroatoms. The first-order valence-corrected chi connectivity index (χ1v) is 7.08. The van der Waals surface area contributed by atoms with E-state index in [1.165, 1.54) is 24.3 Å². The van der Waals surface area contributed by atoms with Gasteiger partial charge in [-0.15, -0.1) is 0 Å². The van der Waals surface area contributed by atoms with Crippen LogP contribution in [0.15, 0.2) is 28.8 Å². The van der Waals surface area contributed by atoms with Crippen molar-refractivity contribution < 1.29 is 27.2 Å². The van der Waals surface area contributed by atoms with Crippen LogP contribution in [0.1, 0.15) is 16.2 Å². The van der Waals surface area contributed by atoms with Gasteiger partial charge in [-0.3, -0.25) is 10.2 Å². The molecule has 1 aliphatic rings. The van der Waals surface area contributed by atoms with Crippen LogP contribution in [-0.4, -0.2) is 47.4 Å². The second-order valence-electron chi connectivity index (χ2n) is 5.04. The number of amides is 1. The fourth-order valence-corrected chi connectivity index (χ4v) is 2.11. The molecule has 0 radical (unpaired) electrons. The lowest BCUT2D eigenvalue weighted by atomic mass is 10.1. The average molecular weight is 342 g/mol. The lowest BCUT2D eigenvalue weighted by molar-refractivity contribution is -0.159. The molecule has 0 saturated carbocycles. The Hall–Kier alpha value is -2.46. The summed E-state index contributed by atoms with van der Waals surface area (Å²) in [6, 6.07) is 5.88. The highest BCUT2D eigenvalue weighted by Gasteiger charge is 2.38. The first kappa shape index (κ1) is 16.4. The molecule has 0 atom stereocenters. The van der Waals surface area contributed by atoms with Crippen molar-refractivity contribution in [1.29, 1.82) is 0 Å². The zero-order valence-electron chi connectivity index (χ0n) is 12.3. The molecule has 1 saturated heterocycles. The maximum absolute atomic E-state index is 12.4. The van der Waals surface area contributed by atoms with Crippen molar-refractivity contribution in [2.24, 2.45) is 0 Å². The van der Waals surface area contributed by atoms with Crippen LogP contribution in [-0.2, 0) is 10.9 Å².